The normalized spacial score (nSPS) is 14.3. The SMILES string of the molecule is CCC(CC(C)C)NN. The Labute approximate surface area is 57.8 Å². The fourth-order valence-corrected chi connectivity index (χ4v) is 0.922. The predicted octanol–water partition coefficient (Wildman–Crippen LogP) is 1.27. The maximum Gasteiger partial charge on any atom is 0.0210 e. The fraction of sp³-hybridized carbons (Fsp3) is 1.00. The molecule has 2 heteroatoms. The third-order valence-corrected chi connectivity index (χ3v) is 1.48. The van der Waals surface area contributed by atoms with Crippen LogP contribution >= 0.6 is 0 Å². The van der Waals surface area contributed by atoms with Gasteiger partial charge in [-0.3, -0.25) is 11.3 Å². The van der Waals surface area contributed by atoms with Crippen LogP contribution in [0, 0.1) is 5.92 Å². The van der Waals surface area contributed by atoms with Gasteiger partial charge in [0, 0.05) is 6.04 Å². The van der Waals surface area contributed by atoms with E-state index in [1.54, 1.807) is 0 Å². The van der Waals surface area contributed by atoms with E-state index in [9.17, 15) is 0 Å². The van der Waals surface area contributed by atoms with E-state index in [4.69, 9.17) is 5.84 Å². The maximum absolute atomic E-state index is 5.28. The number of hydrogen-bond acceptors (Lipinski definition) is 2. The topological polar surface area (TPSA) is 38.0 Å². The molecule has 9 heavy (non-hydrogen) atoms. The molecule has 0 heterocycles. The van der Waals surface area contributed by atoms with Crippen LogP contribution in [0.1, 0.15) is 33.6 Å². The second-order valence-corrected chi connectivity index (χ2v) is 2.90. The average molecular weight is 130 g/mol. The Hall–Kier alpha value is -0.0800. The van der Waals surface area contributed by atoms with Crippen molar-refractivity contribution in [1.29, 1.82) is 0 Å². The molecule has 1 atom stereocenters. The van der Waals surface area contributed by atoms with Crippen molar-refractivity contribution in [3.63, 3.8) is 0 Å². The van der Waals surface area contributed by atoms with Crippen molar-refractivity contribution in [2.75, 3.05) is 0 Å². The zero-order valence-corrected chi connectivity index (χ0v) is 6.65. The van der Waals surface area contributed by atoms with Crippen LogP contribution < -0.4 is 11.3 Å². The molecular weight excluding hydrogens is 112 g/mol. The van der Waals surface area contributed by atoms with Crippen molar-refractivity contribution < 1.29 is 0 Å². The van der Waals surface area contributed by atoms with E-state index < -0.39 is 0 Å². The summed E-state index contributed by atoms with van der Waals surface area (Å²) < 4.78 is 0. The van der Waals surface area contributed by atoms with Gasteiger partial charge in [0.05, 0.1) is 0 Å². The Bertz CT molecular complexity index is 57.9. The number of hydrogen-bond donors (Lipinski definition) is 2. The van der Waals surface area contributed by atoms with Crippen LogP contribution in [0.2, 0.25) is 0 Å². The van der Waals surface area contributed by atoms with Gasteiger partial charge in [0.2, 0.25) is 0 Å². The summed E-state index contributed by atoms with van der Waals surface area (Å²) in [6, 6.07) is 0.505. The Morgan fingerprint density at radius 1 is 1.44 bits per heavy atom. The molecule has 0 saturated heterocycles. The molecule has 0 saturated carbocycles. The smallest absolute Gasteiger partial charge is 0.0210 e. The quantitative estimate of drug-likeness (QED) is 0.444. The van der Waals surface area contributed by atoms with E-state index in [2.05, 4.69) is 26.2 Å². The molecule has 0 spiro atoms. The van der Waals surface area contributed by atoms with E-state index in [-0.39, 0.29) is 0 Å². The molecule has 0 rings (SSSR count). The van der Waals surface area contributed by atoms with Crippen molar-refractivity contribution in [1.82, 2.24) is 5.43 Å². The summed E-state index contributed by atoms with van der Waals surface area (Å²) in [5.74, 6) is 6.02. The molecule has 56 valence electrons. The van der Waals surface area contributed by atoms with Gasteiger partial charge in [0.25, 0.3) is 0 Å². The Kier molecular flexibility index (Phi) is 4.72. The van der Waals surface area contributed by atoms with E-state index in [1.165, 1.54) is 6.42 Å². The first kappa shape index (κ1) is 8.92. The van der Waals surface area contributed by atoms with Gasteiger partial charge in [-0.05, 0) is 18.8 Å². The van der Waals surface area contributed by atoms with Crippen LogP contribution in [0.25, 0.3) is 0 Å². The molecule has 1 unspecified atom stereocenters. The number of nitrogens with two attached hydrogens (primary N) is 1. The molecule has 0 radical (unpaired) electrons. The molecule has 0 aromatic rings. The van der Waals surface area contributed by atoms with E-state index in [1.807, 2.05) is 0 Å². The van der Waals surface area contributed by atoms with Crippen LogP contribution in [-0.4, -0.2) is 6.04 Å². The van der Waals surface area contributed by atoms with Crippen LogP contribution in [0.4, 0.5) is 0 Å². The van der Waals surface area contributed by atoms with Crippen molar-refractivity contribution in [3.05, 3.63) is 0 Å². The standard InChI is InChI=1S/C7H18N2/c1-4-7(9-8)5-6(2)3/h6-7,9H,4-5,8H2,1-3H3. The van der Waals surface area contributed by atoms with Gasteiger partial charge in [0.15, 0.2) is 0 Å². The van der Waals surface area contributed by atoms with Gasteiger partial charge < -0.3 is 0 Å². The van der Waals surface area contributed by atoms with Crippen molar-refractivity contribution >= 4 is 0 Å². The Balaban J connectivity index is 3.31. The first-order chi connectivity index (χ1) is 4.20. The second kappa shape index (κ2) is 4.77. The van der Waals surface area contributed by atoms with Gasteiger partial charge in [0.1, 0.15) is 0 Å². The van der Waals surface area contributed by atoms with E-state index in [0.29, 0.717) is 6.04 Å². The van der Waals surface area contributed by atoms with E-state index >= 15 is 0 Å². The lowest BCUT2D eigenvalue weighted by molar-refractivity contribution is 0.416. The first-order valence-electron chi connectivity index (χ1n) is 3.66. The summed E-state index contributed by atoms with van der Waals surface area (Å²) in [7, 11) is 0. The lowest BCUT2D eigenvalue weighted by Gasteiger charge is -2.14. The third-order valence-electron chi connectivity index (χ3n) is 1.48. The van der Waals surface area contributed by atoms with Crippen LogP contribution in [0.5, 0.6) is 0 Å². The van der Waals surface area contributed by atoms with Gasteiger partial charge in [-0.2, -0.15) is 0 Å². The summed E-state index contributed by atoms with van der Waals surface area (Å²) in [5.41, 5.74) is 2.78. The van der Waals surface area contributed by atoms with Crippen LogP contribution in [-0.2, 0) is 0 Å². The summed E-state index contributed by atoms with van der Waals surface area (Å²) in [4.78, 5) is 0. The Morgan fingerprint density at radius 2 is 2.00 bits per heavy atom. The van der Waals surface area contributed by atoms with Crippen molar-refractivity contribution in [2.24, 2.45) is 11.8 Å². The molecule has 0 aliphatic carbocycles. The molecule has 0 bridgehead atoms. The van der Waals surface area contributed by atoms with E-state index in [0.717, 1.165) is 12.3 Å². The summed E-state index contributed by atoms with van der Waals surface area (Å²) in [6.45, 7) is 6.56. The number of rotatable bonds is 4. The highest BCUT2D eigenvalue weighted by Crippen LogP contribution is 2.05. The van der Waals surface area contributed by atoms with Gasteiger partial charge >= 0.3 is 0 Å². The highest BCUT2D eigenvalue weighted by molar-refractivity contribution is 4.62. The number of nitrogens with one attached hydrogen (secondary N) is 1. The van der Waals surface area contributed by atoms with Gasteiger partial charge in [-0.1, -0.05) is 20.8 Å². The maximum atomic E-state index is 5.28. The highest BCUT2D eigenvalue weighted by Gasteiger charge is 2.04. The molecule has 0 aromatic heterocycles. The van der Waals surface area contributed by atoms with Crippen molar-refractivity contribution in [3.8, 4) is 0 Å². The molecule has 0 fully saturated rings. The lowest BCUT2D eigenvalue weighted by atomic mass is 10.0. The highest BCUT2D eigenvalue weighted by atomic mass is 15.2. The summed E-state index contributed by atoms with van der Waals surface area (Å²) in [5, 5.41) is 0. The van der Waals surface area contributed by atoms with Crippen LogP contribution in [0.15, 0.2) is 0 Å². The van der Waals surface area contributed by atoms with Crippen molar-refractivity contribution in [2.45, 2.75) is 39.7 Å². The zero-order chi connectivity index (χ0) is 7.28. The largest absolute Gasteiger partial charge is 0.271 e. The molecule has 2 nitrogen and oxygen atoms in total. The first-order valence-corrected chi connectivity index (χ1v) is 3.66. The van der Waals surface area contributed by atoms with Gasteiger partial charge in [-0.15, -0.1) is 0 Å². The minimum absolute atomic E-state index is 0.505. The molecular formula is C7H18N2. The minimum atomic E-state index is 0.505. The van der Waals surface area contributed by atoms with Crippen LogP contribution in [0.3, 0.4) is 0 Å². The summed E-state index contributed by atoms with van der Waals surface area (Å²) in [6.07, 6.45) is 2.29. The average Bonchev–Trinajstić information content (AvgIpc) is 1.82. The zero-order valence-electron chi connectivity index (χ0n) is 6.65. The lowest BCUT2D eigenvalue weighted by Crippen LogP contribution is -2.35. The van der Waals surface area contributed by atoms with Gasteiger partial charge in [-0.25, -0.2) is 0 Å². The molecule has 0 aromatic carbocycles. The molecule has 3 N–H and O–H groups in total. The minimum Gasteiger partial charge on any atom is -0.271 e. The fourth-order valence-electron chi connectivity index (χ4n) is 0.922. The predicted molar refractivity (Wildman–Crippen MR) is 40.9 cm³/mol. The Morgan fingerprint density at radius 3 is 2.11 bits per heavy atom. The monoisotopic (exact) mass is 130 g/mol. The third kappa shape index (κ3) is 4.43. The molecule has 0 amide bonds. The molecule has 0 aliphatic heterocycles. The molecule has 0 aliphatic rings. The summed E-state index contributed by atoms with van der Waals surface area (Å²) >= 11 is 0. The second-order valence-electron chi connectivity index (χ2n) is 2.90. The number of hydrazine groups is 1.